The Balaban J connectivity index is 2.43. The Morgan fingerprint density at radius 3 is 3.18 bits per heavy atom. The third-order valence-corrected chi connectivity index (χ3v) is 2.14. The molecular formula is C10H11N. The molecule has 0 N–H and O–H groups in total. The van der Waals surface area contributed by atoms with Crippen LogP contribution in [0.25, 0.3) is 0 Å². The maximum absolute atomic E-state index is 4.35. The van der Waals surface area contributed by atoms with E-state index in [0.717, 1.165) is 13.0 Å². The van der Waals surface area contributed by atoms with Gasteiger partial charge in [0, 0.05) is 5.71 Å². The first-order valence-corrected chi connectivity index (χ1v) is 3.95. The second-order valence-corrected chi connectivity index (χ2v) is 2.87. The quantitative estimate of drug-likeness (QED) is 0.496. The number of hydrogen-bond acceptors (Lipinski definition) is 1. The zero-order valence-corrected chi connectivity index (χ0v) is 6.67. The fraction of sp³-hybridized carbons (Fsp3) is 0.300. The fourth-order valence-electron chi connectivity index (χ4n) is 1.50. The molecule has 1 aliphatic heterocycles. The van der Waals surface area contributed by atoms with Crippen LogP contribution in [-0.2, 0) is 0 Å². The van der Waals surface area contributed by atoms with Gasteiger partial charge in [-0.2, -0.15) is 0 Å². The van der Waals surface area contributed by atoms with Crippen molar-refractivity contribution < 1.29 is 0 Å². The summed E-state index contributed by atoms with van der Waals surface area (Å²) in [5, 5.41) is 0. The molecule has 1 heterocycles. The van der Waals surface area contributed by atoms with Gasteiger partial charge >= 0.3 is 0 Å². The van der Waals surface area contributed by atoms with Gasteiger partial charge in [0.15, 0.2) is 0 Å². The van der Waals surface area contributed by atoms with Crippen LogP contribution in [0.2, 0.25) is 0 Å². The van der Waals surface area contributed by atoms with Gasteiger partial charge in [0.05, 0.1) is 6.54 Å². The number of rotatable bonds is 0. The molecular weight excluding hydrogens is 134 g/mol. The number of hydrogen-bond donors (Lipinski definition) is 0. The second-order valence-electron chi connectivity index (χ2n) is 2.87. The summed E-state index contributed by atoms with van der Waals surface area (Å²) in [7, 11) is 0. The maximum atomic E-state index is 4.35. The first-order chi connectivity index (χ1) is 5.38. The number of nitrogens with zero attached hydrogens (tertiary/aromatic N) is 1. The van der Waals surface area contributed by atoms with E-state index in [1.165, 1.54) is 16.9 Å². The zero-order chi connectivity index (χ0) is 7.68. The molecule has 0 aromatic heterocycles. The summed E-state index contributed by atoms with van der Waals surface area (Å²) < 4.78 is 0. The van der Waals surface area contributed by atoms with Gasteiger partial charge in [0.2, 0.25) is 0 Å². The number of fused-ring (bicyclic) bond motifs is 1. The van der Waals surface area contributed by atoms with Crippen LogP contribution in [0.15, 0.2) is 40.4 Å². The van der Waals surface area contributed by atoms with Gasteiger partial charge in [-0.05, 0) is 24.5 Å². The van der Waals surface area contributed by atoms with Crippen LogP contribution in [0.1, 0.15) is 13.3 Å². The Hall–Kier alpha value is -1.11. The lowest BCUT2D eigenvalue weighted by Crippen LogP contribution is -2.08. The van der Waals surface area contributed by atoms with Crippen LogP contribution >= 0.6 is 0 Å². The minimum Gasteiger partial charge on any atom is -0.285 e. The number of aliphatic imine (C=N–C) groups is 1. The molecule has 0 unspecified atom stereocenters. The van der Waals surface area contributed by atoms with E-state index >= 15 is 0 Å². The van der Waals surface area contributed by atoms with E-state index in [1.54, 1.807) is 0 Å². The topological polar surface area (TPSA) is 12.4 Å². The highest BCUT2D eigenvalue weighted by molar-refractivity contribution is 6.03. The Morgan fingerprint density at radius 2 is 2.36 bits per heavy atom. The van der Waals surface area contributed by atoms with Crippen molar-refractivity contribution in [2.45, 2.75) is 13.3 Å². The van der Waals surface area contributed by atoms with E-state index in [1.807, 2.05) is 0 Å². The largest absolute Gasteiger partial charge is 0.285 e. The molecule has 0 bridgehead atoms. The molecule has 1 nitrogen and oxygen atoms in total. The molecule has 0 spiro atoms. The lowest BCUT2D eigenvalue weighted by atomic mass is 9.93. The van der Waals surface area contributed by atoms with Crippen molar-refractivity contribution in [2.75, 3.05) is 6.54 Å². The van der Waals surface area contributed by atoms with Gasteiger partial charge in [-0.1, -0.05) is 24.3 Å². The van der Waals surface area contributed by atoms with Crippen LogP contribution in [0.5, 0.6) is 0 Å². The summed E-state index contributed by atoms with van der Waals surface area (Å²) in [4.78, 5) is 4.35. The Labute approximate surface area is 66.8 Å². The van der Waals surface area contributed by atoms with E-state index in [4.69, 9.17) is 0 Å². The molecule has 0 radical (unpaired) electrons. The predicted molar refractivity (Wildman–Crippen MR) is 47.9 cm³/mol. The standard InChI is InChI=1S/C10H11N/c1-8-10-5-3-2-4-9(10)6-7-11-8/h2-3,5-6H,4,7H2,1H3. The minimum absolute atomic E-state index is 0.867. The summed E-state index contributed by atoms with van der Waals surface area (Å²) in [6.45, 7) is 2.95. The SMILES string of the molecule is CC1=NCC=C2CC=CC=C21. The van der Waals surface area contributed by atoms with Crippen molar-refractivity contribution in [3.8, 4) is 0 Å². The smallest absolute Gasteiger partial charge is 0.0579 e. The molecule has 11 heavy (non-hydrogen) atoms. The molecule has 0 amide bonds. The third-order valence-electron chi connectivity index (χ3n) is 2.14. The van der Waals surface area contributed by atoms with Crippen LogP contribution in [-0.4, -0.2) is 12.3 Å². The molecule has 0 atom stereocenters. The van der Waals surface area contributed by atoms with Crippen molar-refractivity contribution in [3.05, 3.63) is 35.5 Å². The third kappa shape index (κ3) is 1.07. The molecule has 56 valence electrons. The summed E-state index contributed by atoms with van der Waals surface area (Å²) >= 11 is 0. The molecule has 0 aromatic rings. The maximum Gasteiger partial charge on any atom is 0.0579 e. The molecule has 0 saturated carbocycles. The van der Waals surface area contributed by atoms with E-state index in [9.17, 15) is 0 Å². The second kappa shape index (κ2) is 2.50. The average Bonchev–Trinajstić information content (AvgIpc) is 2.06. The van der Waals surface area contributed by atoms with E-state index < -0.39 is 0 Å². The van der Waals surface area contributed by atoms with Crippen LogP contribution < -0.4 is 0 Å². The van der Waals surface area contributed by atoms with Crippen molar-refractivity contribution >= 4 is 5.71 Å². The molecule has 1 aliphatic carbocycles. The van der Waals surface area contributed by atoms with Gasteiger partial charge in [-0.3, -0.25) is 4.99 Å². The van der Waals surface area contributed by atoms with Gasteiger partial charge in [0.1, 0.15) is 0 Å². The molecule has 2 aliphatic rings. The summed E-state index contributed by atoms with van der Waals surface area (Å²) in [6, 6.07) is 0. The average molecular weight is 145 g/mol. The number of dihydropyridines is 1. The summed E-state index contributed by atoms with van der Waals surface area (Å²) in [5.41, 5.74) is 3.96. The van der Waals surface area contributed by atoms with Crippen LogP contribution in [0.3, 0.4) is 0 Å². The fourth-order valence-corrected chi connectivity index (χ4v) is 1.50. The van der Waals surface area contributed by atoms with Crippen molar-refractivity contribution in [3.63, 3.8) is 0 Å². The summed E-state index contributed by atoms with van der Waals surface area (Å²) in [5.74, 6) is 0. The monoisotopic (exact) mass is 145 g/mol. The van der Waals surface area contributed by atoms with E-state index in [-0.39, 0.29) is 0 Å². The molecule has 0 aromatic carbocycles. The molecule has 0 fully saturated rings. The highest BCUT2D eigenvalue weighted by Crippen LogP contribution is 2.23. The molecule has 2 rings (SSSR count). The Morgan fingerprint density at radius 1 is 1.45 bits per heavy atom. The Bertz CT molecular complexity index is 290. The normalized spacial score (nSPS) is 21.7. The highest BCUT2D eigenvalue weighted by atomic mass is 14.7. The lowest BCUT2D eigenvalue weighted by Gasteiger charge is -2.16. The molecule has 0 saturated heterocycles. The highest BCUT2D eigenvalue weighted by Gasteiger charge is 2.11. The van der Waals surface area contributed by atoms with Gasteiger partial charge < -0.3 is 0 Å². The Kier molecular flexibility index (Phi) is 1.50. The molecule has 1 heteroatoms. The van der Waals surface area contributed by atoms with Gasteiger partial charge in [-0.25, -0.2) is 0 Å². The summed E-state index contributed by atoms with van der Waals surface area (Å²) in [6.07, 6.45) is 9.74. The minimum atomic E-state index is 0.867. The lowest BCUT2D eigenvalue weighted by molar-refractivity contribution is 1.11. The van der Waals surface area contributed by atoms with Gasteiger partial charge in [-0.15, -0.1) is 0 Å². The van der Waals surface area contributed by atoms with Gasteiger partial charge in [0.25, 0.3) is 0 Å². The zero-order valence-electron chi connectivity index (χ0n) is 6.67. The van der Waals surface area contributed by atoms with Crippen molar-refractivity contribution in [2.24, 2.45) is 4.99 Å². The van der Waals surface area contributed by atoms with Crippen LogP contribution in [0.4, 0.5) is 0 Å². The van der Waals surface area contributed by atoms with Crippen molar-refractivity contribution in [1.82, 2.24) is 0 Å². The van der Waals surface area contributed by atoms with E-state index in [0.29, 0.717) is 0 Å². The number of allylic oxidation sites excluding steroid dienone is 5. The predicted octanol–water partition coefficient (Wildman–Crippen LogP) is 2.27. The first kappa shape index (κ1) is 6.59. The first-order valence-electron chi connectivity index (χ1n) is 3.95. The van der Waals surface area contributed by atoms with E-state index in [2.05, 4.69) is 36.2 Å². The van der Waals surface area contributed by atoms with Crippen molar-refractivity contribution in [1.29, 1.82) is 0 Å². The van der Waals surface area contributed by atoms with Crippen LogP contribution in [0, 0.1) is 0 Å².